The van der Waals surface area contributed by atoms with Crippen LogP contribution in [0.25, 0.3) is 11.3 Å². The molecule has 8 rings (SSSR count). The van der Waals surface area contributed by atoms with Gasteiger partial charge in [-0.25, -0.2) is 18.0 Å². The number of amides is 2. The molecule has 420 valence electrons. The first-order chi connectivity index (χ1) is 38.6. The fourth-order valence-electron chi connectivity index (χ4n) is 10.4. The van der Waals surface area contributed by atoms with Crippen LogP contribution < -0.4 is 10.2 Å². The molecule has 2 aliphatic heterocycles. The Morgan fingerprint density at radius 2 is 1.27 bits per heavy atom. The first-order valence-electron chi connectivity index (χ1n) is 26.6. The summed E-state index contributed by atoms with van der Waals surface area (Å²) in [5, 5.41) is 35.3. The maximum atomic E-state index is 14.4. The fraction of sp³-hybridized carbons (Fsp3) is 0.323. The third kappa shape index (κ3) is 15.3. The second kappa shape index (κ2) is 28.3. The van der Waals surface area contributed by atoms with Crippen molar-refractivity contribution in [2.45, 2.75) is 76.3 Å². The number of phenols is 1. The summed E-state index contributed by atoms with van der Waals surface area (Å²) in [6.07, 6.45) is -3.87. The van der Waals surface area contributed by atoms with Crippen molar-refractivity contribution in [2.75, 3.05) is 41.5 Å². The van der Waals surface area contributed by atoms with Gasteiger partial charge in [-0.15, -0.1) is 0 Å². The third-order valence-electron chi connectivity index (χ3n) is 14.1. The fourth-order valence-corrected chi connectivity index (χ4v) is 12.1. The molecule has 80 heavy (non-hydrogen) atoms. The molecule has 0 aromatic heterocycles. The summed E-state index contributed by atoms with van der Waals surface area (Å²) in [5.74, 6) is -2.83. The van der Waals surface area contributed by atoms with Crippen LogP contribution in [-0.4, -0.2) is 93.7 Å². The number of esters is 1. The van der Waals surface area contributed by atoms with E-state index in [1.54, 1.807) is 29.2 Å². The monoisotopic (exact) mass is 1130 g/mol. The Kier molecular flexibility index (Phi) is 20.8. The van der Waals surface area contributed by atoms with Gasteiger partial charge in [0.2, 0.25) is 11.8 Å². The molecule has 0 aliphatic carbocycles. The number of phenolic OH excluding ortho intramolecular Hbond substituents is 1. The lowest BCUT2D eigenvalue weighted by molar-refractivity contribution is -0.145. The molecule has 13 nitrogen and oxygen atoms in total. The van der Waals surface area contributed by atoms with Crippen molar-refractivity contribution in [3.8, 4) is 5.75 Å². The van der Waals surface area contributed by atoms with E-state index in [1.165, 1.54) is 94.4 Å². The van der Waals surface area contributed by atoms with Gasteiger partial charge in [0.25, 0.3) is 0 Å². The zero-order valence-corrected chi connectivity index (χ0v) is 45.9. The van der Waals surface area contributed by atoms with Crippen molar-refractivity contribution >= 4 is 68.2 Å². The van der Waals surface area contributed by atoms with Gasteiger partial charge in [0, 0.05) is 41.2 Å². The van der Waals surface area contributed by atoms with Crippen molar-refractivity contribution < 1.29 is 61.9 Å². The molecule has 6 aromatic carbocycles. The molecule has 0 spiro atoms. The molecule has 3 unspecified atom stereocenters. The number of nitrogens with one attached hydrogen (secondary N) is 1. The number of benzene rings is 6. The van der Waals surface area contributed by atoms with E-state index >= 15 is 0 Å². The average molecular weight is 1130 g/mol. The molecule has 0 bridgehead atoms. The lowest BCUT2D eigenvalue weighted by Gasteiger charge is -2.48. The molecular weight excluding hydrogens is 1070 g/mol. The van der Waals surface area contributed by atoms with E-state index < -0.39 is 65.8 Å². The highest BCUT2D eigenvalue weighted by Crippen LogP contribution is 2.49. The molecular formula is C62H64F3N3O10S2. The number of nitrogens with zero attached hydrogens (tertiary/aromatic N) is 2. The summed E-state index contributed by atoms with van der Waals surface area (Å²) >= 11 is 0. The van der Waals surface area contributed by atoms with Gasteiger partial charge in [0.05, 0.1) is 36.5 Å². The zero-order valence-electron chi connectivity index (χ0n) is 44.2. The highest BCUT2D eigenvalue weighted by Gasteiger charge is 2.49. The number of carbonyl (C=O) groups is 4. The summed E-state index contributed by atoms with van der Waals surface area (Å²) in [5.41, 5.74) is 5.47. The van der Waals surface area contributed by atoms with Crippen LogP contribution in [0.5, 0.6) is 5.75 Å². The van der Waals surface area contributed by atoms with E-state index in [4.69, 9.17) is 14.2 Å². The van der Waals surface area contributed by atoms with E-state index in [-0.39, 0.29) is 81.4 Å². The first kappa shape index (κ1) is 58.9. The van der Waals surface area contributed by atoms with E-state index in [1.807, 2.05) is 74.5 Å². The maximum absolute atomic E-state index is 14.4. The van der Waals surface area contributed by atoms with Crippen LogP contribution in [0.3, 0.4) is 0 Å². The van der Waals surface area contributed by atoms with E-state index in [9.17, 15) is 47.7 Å². The highest BCUT2D eigenvalue weighted by molar-refractivity contribution is 8.76. The predicted molar refractivity (Wildman–Crippen MR) is 304 cm³/mol. The number of β-lactam (4-membered cyclic amide) rings is 1. The Labute approximate surface area is 471 Å². The van der Waals surface area contributed by atoms with Gasteiger partial charge in [-0.1, -0.05) is 108 Å². The van der Waals surface area contributed by atoms with E-state index in [0.717, 1.165) is 22.4 Å². The highest BCUT2D eigenvalue weighted by atomic mass is 33.1. The molecule has 6 aromatic rings. The van der Waals surface area contributed by atoms with E-state index in [0.29, 0.717) is 34.0 Å². The molecule has 7 atom stereocenters. The van der Waals surface area contributed by atoms with Crippen molar-refractivity contribution in [3.63, 3.8) is 0 Å². The SMILES string of the molecule is CC(C)C1C(C(=O)Nc2ccccc2)C(c2ccccc2)=C(c2ccc(F)cc2)N1CC[C@@H](O)C[C@@H](O)CC(=O)OCCSSCCOC(=O)O[C@@H](CC[C@H]1C(=O)N(c2ccc(F)cc2)C1c1ccc(O)cc1)c1ccc(F)cc1. The number of ether oxygens (including phenoxy) is 3. The largest absolute Gasteiger partial charge is 0.508 e. The van der Waals surface area contributed by atoms with Gasteiger partial charge in [-0.3, -0.25) is 14.4 Å². The lowest BCUT2D eigenvalue weighted by Crippen LogP contribution is -2.55. The summed E-state index contributed by atoms with van der Waals surface area (Å²) < 4.78 is 58.6. The van der Waals surface area contributed by atoms with Gasteiger partial charge in [0.15, 0.2) is 0 Å². The molecule has 0 radical (unpaired) electrons. The standard InChI is InChI=1S/C62H64F3N3O10S2/c1-39(2)57-56(60(73)66-47-11-7-4-8-12-47)55(41-9-5-3-6-10-41)59(43-15-21-45(64)22-16-43)67(57)32-31-50(70)37-51(71)38-54(72)76-33-35-79-80-36-34-77-62(75)78-53(40-13-19-44(63)20-14-40)30-29-52-58(42-17-27-49(69)28-18-42)68(61(52)74)48-25-23-46(65)24-26-48/h3-28,39,50-53,56-58,69-71H,29-38H2,1-2H3,(H,66,73)/t50-,51-,52-,53+,56?,57?,58?/m1/s1. The van der Waals surface area contributed by atoms with Gasteiger partial charge >= 0.3 is 12.1 Å². The normalized spacial score (nSPS) is 18.1. The number of anilines is 2. The second-order valence-electron chi connectivity index (χ2n) is 20.0. The van der Waals surface area contributed by atoms with Crippen molar-refractivity contribution in [1.82, 2.24) is 4.90 Å². The number of hydrogen-bond acceptors (Lipinski definition) is 13. The number of para-hydroxylation sites is 1. The Balaban J connectivity index is 0.779. The second-order valence-corrected chi connectivity index (χ2v) is 22.7. The van der Waals surface area contributed by atoms with Gasteiger partial charge in [-0.05, 0) is 144 Å². The summed E-state index contributed by atoms with van der Waals surface area (Å²) in [6.45, 7) is 4.38. The Morgan fingerprint density at radius 1 is 0.688 bits per heavy atom. The van der Waals surface area contributed by atoms with Crippen molar-refractivity contribution in [3.05, 3.63) is 197 Å². The number of halogens is 3. The quantitative estimate of drug-likeness (QED) is 0.0175. The number of aliphatic hydroxyl groups excluding tert-OH is 2. The van der Waals surface area contributed by atoms with Crippen LogP contribution in [0.1, 0.15) is 80.4 Å². The third-order valence-corrected chi connectivity index (χ3v) is 16.4. The molecule has 1 saturated heterocycles. The van der Waals surface area contributed by atoms with Crippen LogP contribution in [0.4, 0.5) is 29.3 Å². The van der Waals surface area contributed by atoms with Gasteiger partial charge in [-0.2, -0.15) is 0 Å². The molecule has 18 heteroatoms. The Hall–Kier alpha value is -7.25. The maximum Gasteiger partial charge on any atom is 0.508 e. The van der Waals surface area contributed by atoms with Crippen molar-refractivity contribution in [1.29, 1.82) is 0 Å². The van der Waals surface area contributed by atoms with Crippen molar-refractivity contribution in [2.24, 2.45) is 17.8 Å². The van der Waals surface area contributed by atoms with Gasteiger partial charge < -0.3 is 44.6 Å². The summed E-state index contributed by atoms with van der Waals surface area (Å²) in [6, 6.07) is 41.7. The number of hydrogen-bond donors (Lipinski definition) is 4. The molecule has 2 aliphatic rings. The Morgan fingerprint density at radius 3 is 1.90 bits per heavy atom. The van der Waals surface area contributed by atoms with Gasteiger partial charge in [0.1, 0.15) is 42.5 Å². The summed E-state index contributed by atoms with van der Waals surface area (Å²) in [7, 11) is 2.75. The first-order valence-corrected chi connectivity index (χ1v) is 29.0. The van der Waals surface area contributed by atoms with Crippen LogP contribution in [0.2, 0.25) is 0 Å². The average Bonchev–Trinajstić information content (AvgIpc) is 4.02. The molecule has 0 saturated carbocycles. The van der Waals surface area contributed by atoms with Crippen LogP contribution >= 0.6 is 21.6 Å². The van der Waals surface area contributed by atoms with Crippen LogP contribution in [0.15, 0.2) is 158 Å². The minimum absolute atomic E-state index is 0.0182. The topological polar surface area (TPSA) is 175 Å². The smallest absolute Gasteiger partial charge is 0.508 e. The number of aromatic hydroxyl groups is 1. The minimum atomic E-state index is -1.20. The molecule has 2 heterocycles. The Bertz CT molecular complexity index is 3030. The van der Waals surface area contributed by atoms with E-state index in [2.05, 4.69) is 10.2 Å². The number of rotatable bonds is 26. The summed E-state index contributed by atoms with van der Waals surface area (Å²) in [4.78, 5) is 57.5. The molecule has 1 fully saturated rings. The van der Waals surface area contributed by atoms with Crippen LogP contribution in [0, 0.1) is 35.2 Å². The van der Waals surface area contributed by atoms with Crippen LogP contribution in [-0.2, 0) is 28.6 Å². The number of aliphatic hydroxyl groups is 2. The number of carbonyl (C=O) groups excluding carboxylic acids is 4. The predicted octanol–water partition coefficient (Wildman–Crippen LogP) is 12.2. The molecule has 2 amide bonds. The zero-order chi connectivity index (χ0) is 56.7. The molecule has 4 N–H and O–H groups in total. The lowest BCUT2D eigenvalue weighted by atomic mass is 9.78. The minimum Gasteiger partial charge on any atom is -0.508 e.